The van der Waals surface area contributed by atoms with E-state index >= 15 is 0 Å². The molecule has 6 heteroatoms. The van der Waals surface area contributed by atoms with Crippen molar-refractivity contribution in [2.24, 2.45) is 11.8 Å². The van der Waals surface area contributed by atoms with Gasteiger partial charge < -0.3 is 9.26 Å². The van der Waals surface area contributed by atoms with Gasteiger partial charge in [-0.15, -0.1) is 0 Å². The van der Waals surface area contributed by atoms with Crippen LogP contribution in [-0.4, -0.2) is 35.7 Å². The molecule has 0 atom stereocenters. The molecule has 0 unspecified atom stereocenters. The third-order valence-electron chi connectivity index (χ3n) is 5.75. The highest BCUT2D eigenvalue weighted by atomic mass is 16.5. The number of likely N-dealkylation sites (tertiary alicyclic amines) is 1. The zero-order chi connectivity index (χ0) is 21.5. The van der Waals surface area contributed by atoms with Gasteiger partial charge in [0.15, 0.2) is 0 Å². The maximum atomic E-state index is 12.4. The van der Waals surface area contributed by atoms with E-state index in [-0.39, 0.29) is 11.8 Å². The van der Waals surface area contributed by atoms with Crippen LogP contribution in [0.5, 0.6) is 5.75 Å². The van der Waals surface area contributed by atoms with Crippen LogP contribution in [0.4, 0.5) is 5.88 Å². The first-order chi connectivity index (χ1) is 14.4. The fraction of sp³-hybridized carbons (Fsp3) is 0.583. The Morgan fingerprint density at radius 2 is 1.93 bits per heavy atom. The lowest BCUT2D eigenvalue weighted by Gasteiger charge is -2.38. The van der Waals surface area contributed by atoms with Gasteiger partial charge in [-0.05, 0) is 43.9 Å². The van der Waals surface area contributed by atoms with E-state index in [4.69, 9.17) is 9.26 Å². The van der Waals surface area contributed by atoms with Gasteiger partial charge in [0.1, 0.15) is 5.75 Å². The molecular formula is C24H35N3O3. The number of nitrogens with zero attached hydrogens (tertiary/aromatic N) is 2. The van der Waals surface area contributed by atoms with Gasteiger partial charge in [-0.1, -0.05) is 50.4 Å². The van der Waals surface area contributed by atoms with E-state index < -0.39 is 0 Å². The summed E-state index contributed by atoms with van der Waals surface area (Å²) in [6, 6.07) is 8.31. The van der Waals surface area contributed by atoms with E-state index in [1.807, 2.05) is 26.0 Å². The number of anilines is 1. The Morgan fingerprint density at radius 1 is 1.20 bits per heavy atom. The molecule has 1 amide bonds. The number of hydrogen-bond donors (Lipinski definition) is 1. The van der Waals surface area contributed by atoms with Crippen molar-refractivity contribution in [1.82, 2.24) is 10.1 Å². The number of hydrogen-bond acceptors (Lipinski definition) is 5. The van der Waals surface area contributed by atoms with E-state index in [1.165, 1.54) is 24.8 Å². The van der Waals surface area contributed by atoms with E-state index in [0.717, 1.165) is 55.6 Å². The highest BCUT2D eigenvalue weighted by Crippen LogP contribution is 2.23. The maximum absolute atomic E-state index is 12.4. The molecular weight excluding hydrogens is 378 g/mol. The molecule has 0 spiro atoms. The van der Waals surface area contributed by atoms with Crippen molar-refractivity contribution >= 4 is 11.8 Å². The highest BCUT2D eigenvalue weighted by molar-refractivity contribution is 5.92. The van der Waals surface area contributed by atoms with Gasteiger partial charge >= 0.3 is 0 Å². The van der Waals surface area contributed by atoms with Crippen LogP contribution in [0, 0.1) is 25.7 Å². The molecule has 0 aliphatic carbocycles. The van der Waals surface area contributed by atoms with Crippen LogP contribution in [0.25, 0.3) is 0 Å². The first kappa shape index (κ1) is 22.3. The van der Waals surface area contributed by atoms with Crippen LogP contribution in [0.2, 0.25) is 0 Å². The smallest absolute Gasteiger partial charge is 0.234 e. The molecule has 1 aliphatic heterocycles. The zero-order valence-corrected chi connectivity index (χ0v) is 18.7. The summed E-state index contributed by atoms with van der Waals surface area (Å²) in [7, 11) is 0. The largest absolute Gasteiger partial charge is 0.494 e. The number of rotatable bonds is 11. The third kappa shape index (κ3) is 6.33. The average molecular weight is 414 g/mol. The molecule has 0 bridgehead atoms. The SMILES string of the molecule is Cc1noc(NC(=O)C2CN(Cc3ccc(OCCCCCC(C)C)cc3)C2)c1C. The van der Waals surface area contributed by atoms with Gasteiger partial charge in [0.05, 0.1) is 18.2 Å². The minimum Gasteiger partial charge on any atom is -0.494 e. The van der Waals surface area contributed by atoms with Crippen molar-refractivity contribution in [3.05, 3.63) is 41.1 Å². The second-order valence-corrected chi connectivity index (χ2v) is 8.84. The van der Waals surface area contributed by atoms with Crippen molar-refractivity contribution in [3.8, 4) is 5.75 Å². The summed E-state index contributed by atoms with van der Waals surface area (Å²) in [5, 5.41) is 6.73. The lowest BCUT2D eigenvalue weighted by Crippen LogP contribution is -2.51. The van der Waals surface area contributed by atoms with Crippen molar-refractivity contribution in [2.75, 3.05) is 25.0 Å². The van der Waals surface area contributed by atoms with Crippen LogP contribution in [-0.2, 0) is 11.3 Å². The van der Waals surface area contributed by atoms with Crippen molar-refractivity contribution in [3.63, 3.8) is 0 Å². The second-order valence-electron chi connectivity index (χ2n) is 8.84. The van der Waals surface area contributed by atoms with E-state index in [2.05, 4.69) is 41.4 Å². The van der Waals surface area contributed by atoms with Crippen LogP contribution >= 0.6 is 0 Å². The number of nitrogens with one attached hydrogen (secondary N) is 1. The number of carbonyl (C=O) groups is 1. The molecule has 1 aromatic heterocycles. The number of amides is 1. The molecule has 1 saturated heterocycles. The van der Waals surface area contributed by atoms with Gasteiger partial charge in [-0.3, -0.25) is 15.0 Å². The lowest BCUT2D eigenvalue weighted by atomic mass is 9.98. The second kappa shape index (κ2) is 10.6. The fourth-order valence-corrected chi connectivity index (χ4v) is 3.58. The Balaban J connectivity index is 1.33. The summed E-state index contributed by atoms with van der Waals surface area (Å²) in [6.07, 6.45) is 4.92. The Hall–Kier alpha value is -2.34. The van der Waals surface area contributed by atoms with Crippen molar-refractivity contribution in [1.29, 1.82) is 0 Å². The molecule has 1 fully saturated rings. The van der Waals surface area contributed by atoms with Crippen LogP contribution < -0.4 is 10.1 Å². The average Bonchev–Trinajstić information content (AvgIpc) is 3.00. The standard InChI is InChI=1S/C24H35N3O3/c1-17(2)8-6-5-7-13-29-22-11-9-20(10-12-22)14-27-15-21(16-27)23(28)25-24-18(3)19(4)26-30-24/h9-12,17,21H,5-8,13-16H2,1-4H3,(H,25,28). The van der Waals surface area contributed by atoms with E-state index in [0.29, 0.717) is 5.88 Å². The minimum absolute atomic E-state index is 0.00245. The predicted octanol–water partition coefficient (Wildman–Crippen LogP) is 4.96. The Bertz CT molecular complexity index is 808. The van der Waals surface area contributed by atoms with Crippen molar-refractivity contribution < 1.29 is 14.1 Å². The quantitative estimate of drug-likeness (QED) is 0.528. The number of ether oxygens (including phenoxy) is 1. The van der Waals surface area contributed by atoms with Gasteiger partial charge in [-0.2, -0.15) is 0 Å². The molecule has 1 N–H and O–H groups in total. The number of aryl methyl sites for hydroxylation is 1. The number of unbranched alkanes of at least 4 members (excludes halogenated alkanes) is 2. The highest BCUT2D eigenvalue weighted by Gasteiger charge is 2.33. The Morgan fingerprint density at radius 3 is 2.57 bits per heavy atom. The molecule has 1 aliphatic rings. The van der Waals surface area contributed by atoms with Crippen LogP contribution in [0.1, 0.15) is 56.4 Å². The summed E-state index contributed by atoms with van der Waals surface area (Å²) >= 11 is 0. The van der Waals surface area contributed by atoms with Crippen LogP contribution in [0.3, 0.4) is 0 Å². The summed E-state index contributed by atoms with van der Waals surface area (Å²) in [5.74, 6) is 2.18. The molecule has 3 rings (SSSR count). The molecule has 2 heterocycles. The molecule has 30 heavy (non-hydrogen) atoms. The molecule has 1 aromatic carbocycles. The molecule has 6 nitrogen and oxygen atoms in total. The normalized spacial score (nSPS) is 14.7. The predicted molar refractivity (Wildman–Crippen MR) is 119 cm³/mol. The van der Waals surface area contributed by atoms with Gasteiger partial charge in [0, 0.05) is 25.2 Å². The fourth-order valence-electron chi connectivity index (χ4n) is 3.58. The molecule has 0 radical (unpaired) electrons. The number of carbonyl (C=O) groups excluding carboxylic acids is 1. The van der Waals surface area contributed by atoms with Crippen LogP contribution in [0.15, 0.2) is 28.8 Å². The Labute approximate surface area is 180 Å². The zero-order valence-electron chi connectivity index (χ0n) is 18.7. The van der Waals surface area contributed by atoms with Gasteiger partial charge in [-0.25, -0.2) is 0 Å². The number of benzene rings is 1. The van der Waals surface area contributed by atoms with Crippen molar-refractivity contribution in [2.45, 2.75) is 59.9 Å². The monoisotopic (exact) mass is 413 g/mol. The Kier molecular flexibility index (Phi) is 7.91. The number of aromatic nitrogens is 1. The lowest BCUT2D eigenvalue weighted by molar-refractivity contribution is -0.125. The third-order valence-corrected chi connectivity index (χ3v) is 5.75. The molecule has 0 saturated carbocycles. The minimum atomic E-state index is -0.00638. The maximum Gasteiger partial charge on any atom is 0.234 e. The summed E-state index contributed by atoms with van der Waals surface area (Å²) in [4.78, 5) is 14.6. The van der Waals surface area contributed by atoms with E-state index in [1.54, 1.807) is 0 Å². The molecule has 164 valence electrons. The van der Waals surface area contributed by atoms with Gasteiger partial charge in [0.2, 0.25) is 11.8 Å². The van der Waals surface area contributed by atoms with E-state index in [9.17, 15) is 4.79 Å². The first-order valence-electron chi connectivity index (χ1n) is 11.1. The first-order valence-corrected chi connectivity index (χ1v) is 11.1. The summed E-state index contributed by atoms with van der Waals surface area (Å²) < 4.78 is 11.0. The van der Waals surface area contributed by atoms with Gasteiger partial charge in [0.25, 0.3) is 0 Å². The summed E-state index contributed by atoms with van der Waals surface area (Å²) in [5.41, 5.74) is 2.93. The molecule has 2 aromatic rings. The topological polar surface area (TPSA) is 67.6 Å². The summed E-state index contributed by atoms with van der Waals surface area (Å²) in [6.45, 7) is 11.4.